The summed E-state index contributed by atoms with van der Waals surface area (Å²) in [6.45, 7) is 4.50. The average molecular weight is 312 g/mol. The highest BCUT2D eigenvalue weighted by Gasteiger charge is 2.25. The van der Waals surface area contributed by atoms with Gasteiger partial charge in [-0.15, -0.1) is 0 Å². The number of ether oxygens (including phenoxy) is 1. The lowest BCUT2D eigenvalue weighted by Crippen LogP contribution is -2.40. The Kier molecular flexibility index (Phi) is 5.03. The van der Waals surface area contributed by atoms with Crippen LogP contribution >= 0.6 is 0 Å². The van der Waals surface area contributed by atoms with Crippen molar-refractivity contribution >= 4 is 10.0 Å². The standard InChI is InChI=1S/C15H24N2O3S/c1-15(2,20-3)11-17-21(18,19)14-7-5-4-6-12(14)10-16-13-8-9-13/h4-7,13,16-17H,8-11H2,1-3H3. The van der Waals surface area contributed by atoms with Crippen molar-refractivity contribution in [1.82, 2.24) is 10.0 Å². The summed E-state index contributed by atoms with van der Waals surface area (Å²) in [5, 5.41) is 3.35. The van der Waals surface area contributed by atoms with E-state index in [0.29, 0.717) is 17.5 Å². The summed E-state index contributed by atoms with van der Waals surface area (Å²) < 4.78 is 32.8. The predicted molar refractivity (Wildman–Crippen MR) is 82.6 cm³/mol. The van der Waals surface area contributed by atoms with Crippen LogP contribution in [0.5, 0.6) is 0 Å². The summed E-state index contributed by atoms with van der Waals surface area (Å²) in [5.74, 6) is 0. The van der Waals surface area contributed by atoms with Gasteiger partial charge in [0.1, 0.15) is 0 Å². The zero-order chi connectivity index (χ0) is 15.5. The van der Waals surface area contributed by atoms with Gasteiger partial charge in [0.05, 0.1) is 10.5 Å². The van der Waals surface area contributed by atoms with E-state index in [-0.39, 0.29) is 6.54 Å². The summed E-state index contributed by atoms with van der Waals surface area (Å²) in [7, 11) is -1.96. The SMILES string of the molecule is COC(C)(C)CNS(=O)(=O)c1ccccc1CNC1CC1. The molecule has 5 nitrogen and oxygen atoms in total. The number of benzene rings is 1. The molecule has 0 spiro atoms. The van der Waals surface area contributed by atoms with E-state index in [2.05, 4.69) is 10.0 Å². The predicted octanol–water partition coefficient (Wildman–Crippen LogP) is 1.64. The molecule has 118 valence electrons. The lowest BCUT2D eigenvalue weighted by Gasteiger charge is -2.23. The quantitative estimate of drug-likeness (QED) is 0.766. The third kappa shape index (κ3) is 4.78. The smallest absolute Gasteiger partial charge is 0.240 e. The molecule has 0 radical (unpaired) electrons. The highest BCUT2D eigenvalue weighted by Crippen LogP contribution is 2.21. The van der Waals surface area contributed by atoms with Crippen molar-refractivity contribution in [3.8, 4) is 0 Å². The average Bonchev–Trinajstić information content (AvgIpc) is 3.28. The maximum absolute atomic E-state index is 12.5. The Morgan fingerprint density at radius 3 is 2.57 bits per heavy atom. The molecule has 6 heteroatoms. The van der Waals surface area contributed by atoms with E-state index in [1.165, 1.54) is 12.8 Å². The fraction of sp³-hybridized carbons (Fsp3) is 0.600. The lowest BCUT2D eigenvalue weighted by molar-refractivity contribution is 0.0276. The highest BCUT2D eigenvalue weighted by atomic mass is 32.2. The van der Waals surface area contributed by atoms with Crippen LogP contribution in [0.25, 0.3) is 0 Å². The van der Waals surface area contributed by atoms with E-state index in [0.717, 1.165) is 5.56 Å². The molecular weight excluding hydrogens is 288 g/mol. The minimum absolute atomic E-state index is 0.232. The molecule has 0 saturated heterocycles. The maximum Gasteiger partial charge on any atom is 0.240 e. The zero-order valence-electron chi connectivity index (χ0n) is 12.8. The Morgan fingerprint density at radius 2 is 1.95 bits per heavy atom. The third-order valence-electron chi connectivity index (χ3n) is 3.66. The lowest BCUT2D eigenvalue weighted by atomic mass is 10.1. The Hall–Kier alpha value is -0.950. The van der Waals surface area contributed by atoms with Gasteiger partial charge in [-0.05, 0) is 38.3 Å². The summed E-state index contributed by atoms with van der Waals surface area (Å²) >= 11 is 0. The zero-order valence-corrected chi connectivity index (χ0v) is 13.7. The van der Waals surface area contributed by atoms with Crippen molar-refractivity contribution in [2.45, 2.75) is 49.8 Å². The second-order valence-electron chi connectivity index (χ2n) is 6.05. The van der Waals surface area contributed by atoms with Crippen molar-refractivity contribution in [3.63, 3.8) is 0 Å². The number of methoxy groups -OCH3 is 1. The molecule has 1 aromatic rings. The van der Waals surface area contributed by atoms with Crippen LogP contribution in [0.1, 0.15) is 32.3 Å². The first-order valence-corrected chi connectivity index (χ1v) is 8.68. The van der Waals surface area contributed by atoms with Crippen molar-refractivity contribution in [2.24, 2.45) is 0 Å². The van der Waals surface area contributed by atoms with Gasteiger partial charge in [-0.1, -0.05) is 18.2 Å². The van der Waals surface area contributed by atoms with Crippen molar-refractivity contribution < 1.29 is 13.2 Å². The number of rotatable bonds is 8. The van der Waals surface area contributed by atoms with Crippen molar-refractivity contribution in [3.05, 3.63) is 29.8 Å². The summed E-state index contributed by atoms with van der Waals surface area (Å²) in [6.07, 6.45) is 2.35. The van der Waals surface area contributed by atoms with Crippen LogP contribution in [0.3, 0.4) is 0 Å². The molecule has 2 N–H and O–H groups in total. The first kappa shape index (κ1) is 16.4. The van der Waals surface area contributed by atoms with Gasteiger partial charge >= 0.3 is 0 Å². The van der Waals surface area contributed by atoms with Gasteiger partial charge in [0.15, 0.2) is 0 Å². The van der Waals surface area contributed by atoms with Crippen LogP contribution in [0.4, 0.5) is 0 Å². The Labute approximate surface area is 127 Å². The first-order valence-electron chi connectivity index (χ1n) is 7.20. The largest absolute Gasteiger partial charge is 0.377 e. The van der Waals surface area contributed by atoms with Crippen molar-refractivity contribution in [2.75, 3.05) is 13.7 Å². The van der Waals surface area contributed by atoms with Gasteiger partial charge in [0.2, 0.25) is 10.0 Å². The monoisotopic (exact) mass is 312 g/mol. The topological polar surface area (TPSA) is 67.4 Å². The molecule has 0 atom stereocenters. The Bertz CT molecular complexity index is 580. The number of nitrogens with one attached hydrogen (secondary N) is 2. The normalized spacial score (nSPS) is 16.1. The molecule has 1 fully saturated rings. The molecule has 0 aliphatic heterocycles. The fourth-order valence-electron chi connectivity index (χ4n) is 1.87. The summed E-state index contributed by atoms with van der Waals surface area (Å²) in [5.41, 5.74) is 0.265. The van der Waals surface area contributed by atoms with Crippen LogP contribution in [0.2, 0.25) is 0 Å². The molecule has 1 aliphatic rings. The molecule has 0 bridgehead atoms. The molecule has 1 aliphatic carbocycles. The van der Waals surface area contributed by atoms with Crippen molar-refractivity contribution in [1.29, 1.82) is 0 Å². The van der Waals surface area contributed by atoms with Gasteiger partial charge in [-0.2, -0.15) is 0 Å². The molecule has 0 unspecified atom stereocenters. The van der Waals surface area contributed by atoms with E-state index in [1.54, 1.807) is 19.2 Å². The van der Waals surface area contributed by atoms with E-state index >= 15 is 0 Å². The van der Waals surface area contributed by atoms with Gasteiger partial charge in [0, 0.05) is 26.2 Å². The molecule has 0 heterocycles. The number of hydrogen-bond donors (Lipinski definition) is 2. The van der Waals surface area contributed by atoms with Gasteiger partial charge in [-0.25, -0.2) is 13.1 Å². The van der Waals surface area contributed by atoms with Crippen LogP contribution < -0.4 is 10.0 Å². The number of sulfonamides is 1. The van der Waals surface area contributed by atoms with E-state index < -0.39 is 15.6 Å². The molecule has 1 aromatic carbocycles. The Morgan fingerprint density at radius 1 is 1.29 bits per heavy atom. The second-order valence-corrected chi connectivity index (χ2v) is 7.79. The third-order valence-corrected chi connectivity index (χ3v) is 5.16. The van der Waals surface area contributed by atoms with Crippen LogP contribution in [0.15, 0.2) is 29.2 Å². The second kappa shape index (κ2) is 6.44. The molecule has 0 amide bonds. The van der Waals surface area contributed by atoms with E-state index in [9.17, 15) is 8.42 Å². The summed E-state index contributed by atoms with van der Waals surface area (Å²) in [4.78, 5) is 0.338. The Balaban J connectivity index is 2.10. The van der Waals surface area contributed by atoms with Crippen LogP contribution in [-0.4, -0.2) is 33.7 Å². The maximum atomic E-state index is 12.5. The van der Waals surface area contributed by atoms with Crippen LogP contribution in [-0.2, 0) is 21.3 Å². The van der Waals surface area contributed by atoms with E-state index in [1.807, 2.05) is 26.0 Å². The van der Waals surface area contributed by atoms with Gasteiger partial charge < -0.3 is 10.1 Å². The van der Waals surface area contributed by atoms with Gasteiger partial charge in [-0.3, -0.25) is 0 Å². The summed E-state index contributed by atoms with van der Waals surface area (Å²) in [6, 6.07) is 7.65. The fourth-order valence-corrected chi connectivity index (χ4v) is 3.31. The first-order chi connectivity index (χ1) is 9.84. The molecule has 21 heavy (non-hydrogen) atoms. The minimum Gasteiger partial charge on any atom is -0.377 e. The highest BCUT2D eigenvalue weighted by molar-refractivity contribution is 7.89. The van der Waals surface area contributed by atoms with Gasteiger partial charge in [0.25, 0.3) is 0 Å². The minimum atomic E-state index is -3.53. The molecular formula is C15H24N2O3S. The molecule has 2 rings (SSSR count). The van der Waals surface area contributed by atoms with Crippen LogP contribution in [0, 0.1) is 0 Å². The van der Waals surface area contributed by atoms with E-state index in [4.69, 9.17) is 4.74 Å². The molecule has 0 aromatic heterocycles. The number of hydrogen-bond acceptors (Lipinski definition) is 4. The molecule has 1 saturated carbocycles.